The molecule has 0 saturated carbocycles. The third kappa shape index (κ3) is 3.45. The van der Waals surface area contributed by atoms with Crippen LogP contribution in [-0.2, 0) is 15.7 Å². The van der Waals surface area contributed by atoms with Crippen LogP contribution >= 0.6 is 0 Å². The van der Waals surface area contributed by atoms with E-state index in [0.29, 0.717) is 17.7 Å². The largest absolute Gasteiger partial charge is 0.433 e. The Morgan fingerprint density at radius 2 is 2.24 bits per heavy atom. The minimum absolute atomic E-state index is 0.0312. The predicted molar refractivity (Wildman–Crippen MR) is 80.2 cm³/mol. The lowest BCUT2D eigenvalue weighted by atomic mass is 10.2. The number of aromatic nitrogens is 3. The van der Waals surface area contributed by atoms with Gasteiger partial charge in [0, 0.05) is 12.3 Å². The Labute approximate surface area is 141 Å². The first-order chi connectivity index (χ1) is 11.8. The van der Waals surface area contributed by atoms with Gasteiger partial charge in [-0.25, -0.2) is 9.50 Å². The molecule has 0 bridgehead atoms. The molecule has 2 atom stereocenters. The van der Waals surface area contributed by atoms with Crippen LogP contribution in [0.1, 0.15) is 28.7 Å². The molecule has 136 valence electrons. The van der Waals surface area contributed by atoms with Crippen LogP contribution in [0.4, 0.5) is 13.2 Å². The van der Waals surface area contributed by atoms with Crippen LogP contribution in [0, 0.1) is 6.92 Å². The van der Waals surface area contributed by atoms with Gasteiger partial charge in [0.2, 0.25) is 0 Å². The molecule has 1 aliphatic rings. The second-order valence-electron chi connectivity index (χ2n) is 5.69. The maximum Gasteiger partial charge on any atom is 0.433 e. The molecule has 1 amide bonds. The SMILES string of the molecule is CCOC1COCC1NC(=O)c1cnn2c(C(F)(F)F)cc(C)nc12. The van der Waals surface area contributed by atoms with Crippen molar-refractivity contribution in [3.63, 3.8) is 0 Å². The highest BCUT2D eigenvalue weighted by Gasteiger charge is 2.36. The van der Waals surface area contributed by atoms with E-state index < -0.39 is 17.8 Å². The van der Waals surface area contributed by atoms with Gasteiger partial charge in [-0.15, -0.1) is 0 Å². The summed E-state index contributed by atoms with van der Waals surface area (Å²) in [6, 6.07) is 0.506. The molecule has 2 unspecified atom stereocenters. The Hall–Kier alpha value is -2.20. The summed E-state index contributed by atoms with van der Waals surface area (Å²) < 4.78 is 50.8. The van der Waals surface area contributed by atoms with Gasteiger partial charge in [0.1, 0.15) is 17.4 Å². The monoisotopic (exact) mass is 358 g/mol. The van der Waals surface area contributed by atoms with Crippen LogP contribution in [0.25, 0.3) is 5.65 Å². The first-order valence-corrected chi connectivity index (χ1v) is 7.74. The van der Waals surface area contributed by atoms with Crippen LogP contribution in [0.5, 0.6) is 0 Å². The topological polar surface area (TPSA) is 77.8 Å². The van der Waals surface area contributed by atoms with Crippen molar-refractivity contribution in [1.29, 1.82) is 0 Å². The molecule has 0 aromatic carbocycles. The third-order valence-electron chi connectivity index (χ3n) is 3.86. The highest BCUT2D eigenvalue weighted by atomic mass is 19.4. The second-order valence-corrected chi connectivity index (χ2v) is 5.69. The maximum absolute atomic E-state index is 13.1. The number of ether oxygens (including phenoxy) is 2. The van der Waals surface area contributed by atoms with E-state index in [1.54, 1.807) is 0 Å². The number of carbonyl (C=O) groups excluding carboxylic acids is 1. The number of rotatable bonds is 4. The molecule has 0 radical (unpaired) electrons. The Balaban J connectivity index is 1.91. The first-order valence-electron chi connectivity index (χ1n) is 7.74. The number of nitrogens with zero attached hydrogens (tertiary/aromatic N) is 3. The van der Waals surface area contributed by atoms with Gasteiger partial charge in [-0.05, 0) is 19.9 Å². The smallest absolute Gasteiger partial charge is 0.376 e. The van der Waals surface area contributed by atoms with Crippen molar-refractivity contribution in [2.75, 3.05) is 19.8 Å². The van der Waals surface area contributed by atoms with Crippen molar-refractivity contribution in [2.24, 2.45) is 0 Å². The van der Waals surface area contributed by atoms with E-state index in [1.165, 1.54) is 6.92 Å². The average molecular weight is 358 g/mol. The van der Waals surface area contributed by atoms with Crippen LogP contribution in [-0.4, -0.2) is 52.5 Å². The number of amides is 1. The molecule has 1 aliphatic heterocycles. The lowest BCUT2D eigenvalue weighted by Gasteiger charge is -2.18. The van der Waals surface area contributed by atoms with E-state index in [4.69, 9.17) is 9.47 Å². The van der Waals surface area contributed by atoms with E-state index in [1.807, 2.05) is 6.92 Å². The fourth-order valence-corrected chi connectivity index (χ4v) is 2.74. The molecule has 2 aromatic heterocycles. The Morgan fingerprint density at radius 1 is 1.48 bits per heavy atom. The number of nitrogens with one attached hydrogen (secondary N) is 1. The molecule has 0 spiro atoms. The van der Waals surface area contributed by atoms with E-state index in [0.717, 1.165) is 12.3 Å². The summed E-state index contributed by atoms with van der Waals surface area (Å²) in [5.41, 5.74) is -1.01. The highest BCUT2D eigenvalue weighted by Crippen LogP contribution is 2.30. The summed E-state index contributed by atoms with van der Waals surface area (Å²) in [7, 11) is 0. The Kier molecular flexibility index (Phi) is 4.65. The van der Waals surface area contributed by atoms with Gasteiger partial charge in [-0.1, -0.05) is 0 Å². The van der Waals surface area contributed by atoms with Gasteiger partial charge in [-0.3, -0.25) is 4.79 Å². The number of hydrogen-bond donors (Lipinski definition) is 1. The van der Waals surface area contributed by atoms with Gasteiger partial charge < -0.3 is 14.8 Å². The van der Waals surface area contributed by atoms with Crippen molar-refractivity contribution in [3.8, 4) is 0 Å². The van der Waals surface area contributed by atoms with Gasteiger partial charge in [0.15, 0.2) is 5.65 Å². The maximum atomic E-state index is 13.1. The van der Waals surface area contributed by atoms with Crippen molar-refractivity contribution in [2.45, 2.75) is 32.2 Å². The van der Waals surface area contributed by atoms with Crippen molar-refractivity contribution < 1.29 is 27.4 Å². The zero-order chi connectivity index (χ0) is 18.2. The molecule has 1 N–H and O–H groups in total. The lowest BCUT2D eigenvalue weighted by molar-refractivity contribution is -0.142. The summed E-state index contributed by atoms with van der Waals surface area (Å²) in [5, 5.41) is 6.41. The zero-order valence-electron chi connectivity index (χ0n) is 13.6. The molecular formula is C15H17F3N4O3. The number of hydrogen-bond acceptors (Lipinski definition) is 5. The fraction of sp³-hybridized carbons (Fsp3) is 0.533. The molecule has 7 nitrogen and oxygen atoms in total. The van der Waals surface area contributed by atoms with E-state index in [2.05, 4.69) is 15.4 Å². The van der Waals surface area contributed by atoms with E-state index >= 15 is 0 Å². The minimum Gasteiger partial charge on any atom is -0.376 e. The fourth-order valence-electron chi connectivity index (χ4n) is 2.74. The number of carbonyl (C=O) groups is 1. The zero-order valence-corrected chi connectivity index (χ0v) is 13.6. The predicted octanol–water partition coefficient (Wildman–Crippen LogP) is 1.59. The molecule has 0 aliphatic carbocycles. The second kappa shape index (κ2) is 6.60. The summed E-state index contributed by atoms with van der Waals surface area (Å²) >= 11 is 0. The normalized spacial score (nSPS) is 21.0. The van der Waals surface area contributed by atoms with Crippen LogP contribution in [0.2, 0.25) is 0 Å². The minimum atomic E-state index is -4.61. The lowest BCUT2D eigenvalue weighted by Crippen LogP contribution is -2.43. The molecule has 10 heteroatoms. The molecule has 1 fully saturated rings. The van der Waals surface area contributed by atoms with Gasteiger partial charge in [0.05, 0.1) is 25.5 Å². The molecule has 25 heavy (non-hydrogen) atoms. The number of alkyl halides is 3. The number of halogens is 3. The van der Waals surface area contributed by atoms with Gasteiger partial charge >= 0.3 is 6.18 Å². The third-order valence-corrected chi connectivity index (χ3v) is 3.86. The summed E-state index contributed by atoms with van der Waals surface area (Å²) in [6.45, 7) is 4.35. The molecule has 2 aromatic rings. The van der Waals surface area contributed by atoms with Crippen molar-refractivity contribution in [3.05, 3.63) is 29.2 Å². The molecule has 3 heterocycles. The first kappa shape index (κ1) is 17.6. The standard InChI is InChI=1S/C15H17F3N4O3/c1-3-25-11-7-24-6-10(11)21-14(23)9-5-19-22-12(15(16,17)18)4-8(2)20-13(9)22/h4-5,10-11H,3,6-7H2,1-2H3,(H,21,23). The highest BCUT2D eigenvalue weighted by molar-refractivity contribution is 5.99. The number of aryl methyl sites for hydroxylation is 1. The van der Waals surface area contributed by atoms with Gasteiger partial charge in [0.25, 0.3) is 5.91 Å². The van der Waals surface area contributed by atoms with Crippen LogP contribution < -0.4 is 5.32 Å². The summed E-state index contributed by atoms with van der Waals surface area (Å²) in [6.07, 6.45) is -3.82. The van der Waals surface area contributed by atoms with Crippen LogP contribution in [0.3, 0.4) is 0 Å². The van der Waals surface area contributed by atoms with E-state index in [9.17, 15) is 18.0 Å². The van der Waals surface area contributed by atoms with Gasteiger partial charge in [-0.2, -0.15) is 18.3 Å². The Bertz CT molecular complexity index is 790. The summed E-state index contributed by atoms with van der Waals surface area (Å²) in [4.78, 5) is 16.5. The number of fused-ring (bicyclic) bond motifs is 1. The van der Waals surface area contributed by atoms with Crippen molar-refractivity contribution >= 4 is 11.6 Å². The molecule has 3 rings (SSSR count). The van der Waals surface area contributed by atoms with E-state index in [-0.39, 0.29) is 35.7 Å². The van der Waals surface area contributed by atoms with Crippen molar-refractivity contribution in [1.82, 2.24) is 19.9 Å². The molecular weight excluding hydrogens is 341 g/mol. The average Bonchev–Trinajstić information content (AvgIpc) is 3.13. The Morgan fingerprint density at radius 3 is 2.92 bits per heavy atom. The summed E-state index contributed by atoms with van der Waals surface area (Å²) in [5.74, 6) is -0.568. The quantitative estimate of drug-likeness (QED) is 0.898. The molecule has 1 saturated heterocycles. The van der Waals surface area contributed by atoms with Crippen LogP contribution in [0.15, 0.2) is 12.3 Å².